The van der Waals surface area contributed by atoms with Crippen molar-refractivity contribution in [3.05, 3.63) is 28.3 Å². The van der Waals surface area contributed by atoms with Crippen molar-refractivity contribution in [2.45, 2.75) is 58.6 Å². The maximum atomic E-state index is 10.1. The van der Waals surface area contributed by atoms with Gasteiger partial charge in [-0.2, -0.15) is 0 Å². The fraction of sp³-hybridized carbons (Fsp3) is 0.625. The standard InChI is InChI=1S/C16H26ClNO2/c1-5-14(18)15(19)7-10(3)12-9-13(17)11(4)8-16(12)20-6-2/h8-10,14-15,19H,5-7,18H2,1-4H3. The van der Waals surface area contributed by atoms with E-state index in [9.17, 15) is 5.11 Å². The molecule has 0 fully saturated rings. The molecule has 0 bridgehead atoms. The lowest BCUT2D eigenvalue weighted by atomic mass is 9.90. The number of halogens is 1. The molecule has 20 heavy (non-hydrogen) atoms. The van der Waals surface area contributed by atoms with Gasteiger partial charge in [0, 0.05) is 11.1 Å². The topological polar surface area (TPSA) is 55.5 Å². The van der Waals surface area contributed by atoms with Crippen LogP contribution in [0.4, 0.5) is 0 Å². The third kappa shape index (κ3) is 4.37. The first kappa shape index (κ1) is 17.3. The molecule has 0 saturated heterocycles. The molecule has 0 amide bonds. The zero-order valence-corrected chi connectivity index (χ0v) is 13.6. The summed E-state index contributed by atoms with van der Waals surface area (Å²) in [7, 11) is 0. The van der Waals surface area contributed by atoms with E-state index in [4.69, 9.17) is 22.1 Å². The highest BCUT2D eigenvalue weighted by molar-refractivity contribution is 6.31. The van der Waals surface area contributed by atoms with Crippen LogP contribution in [0.5, 0.6) is 5.75 Å². The van der Waals surface area contributed by atoms with Gasteiger partial charge in [0.25, 0.3) is 0 Å². The third-order valence-electron chi connectivity index (χ3n) is 3.68. The van der Waals surface area contributed by atoms with E-state index in [0.29, 0.717) is 13.0 Å². The molecule has 0 heterocycles. The first-order chi connectivity index (χ1) is 9.40. The number of ether oxygens (including phenoxy) is 1. The Morgan fingerprint density at radius 1 is 1.35 bits per heavy atom. The Morgan fingerprint density at radius 2 is 2.00 bits per heavy atom. The zero-order chi connectivity index (χ0) is 15.3. The average molecular weight is 300 g/mol. The van der Waals surface area contributed by atoms with Crippen molar-refractivity contribution in [2.75, 3.05) is 6.61 Å². The summed E-state index contributed by atoms with van der Waals surface area (Å²) in [4.78, 5) is 0. The van der Waals surface area contributed by atoms with Gasteiger partial charge in [-0.05, 0) is 55.9 Å². The van der Waals surface area contributed by atoms with Crippen LogP contribution in [0.2, 0.25) is 5.02 Å². The number of hydrogen-bond donors (Lipinski definition) is 2. The lowest BCUT2D eigenvalue weighted by molar-refractivity contribution is 0.126. The maximum Gasteiger partial charge on any atom is 0.123 e. The van der Waals surface area contributed by atoms with Gasteiger partial charge in [0.2, 0.25) is 0 Å². The van der Waals surface area contributed by atoms with Crippen LogP contribution < -0.4 is 10.5 Å². The molecule has 1 rings (SSSR count). The number of benzene rings is 1. The summed E-state index contributed by atoms with van der Waals surface area (Å²) in [5.41, 5.74) is 7.92. The van der Waals surface area contributed by atoms with Gasteiger partial charge in [0.05, 0.1) is 12.7 Å². The second kappa shape index (κ2) is 7.87. The highest BCUT2D eigenvalue weighted by Crippen LogP contribution is 2.34. The Balaban J connectivity index is 2.96. The molecule has 0 aliphatic heterocycles. The Bertz CT molecular complexity index is 437. The molecule has 0 saturated carbocycles. The Labute approximate surface area is 127 Å². The minimum absolute atomic E-state index is 0.141. The fourth-order valence-electron chi connectivity index (χ4n) is 2.27. The first-order valence-electron chi connectivity index (χ1n) is 7.27. The van der Waals surface area contributed by atoms with Crippen LogP contribution in [0.1, 0.15) is 50.7 Å². The predicted molar refractivity (Wildman–Crippen MR) is 84.7 cm³/mol. The van der Waals surface area contributed by atoms with Crippen molar-refractivity contribution in [2.24, 2.45) is 5.73 Å². The molecular formula is C16H26ClNO2. The number of aryl methyl sites for hydroxylation is 1. The minimum Gasteiger partial charge on any atom is -0.494 e. The molecule has 0 aliphatic carbocycles. The molecule has 114 valence electrons. The second-order valence-corrected chi connectivity index (χ2v) is 5.76. The third-order valence-corrected chi connectivity index (χ3v) is 4.09. The highest BCUT2D eigenvalue weighted by atomic mass is 35.5. The highest BCUT2D eigenvalue weighted by Gasteiger charge is 2.20. The van der Waals surface area contributed by atoms with E-state index in [1.54, 1.807) is 0 Å². The van der Waals surface area contributed by atoms with Gasteiger partial charge in [-0.3, -0.25) is 0 Å². The number of aliphatic hydroxyl groups is 1. The molecule has 1 aromatic rings. The largest absolute Gasteiger partial charge is 0.494 e. The molecule has 0 radical (unpaired) electrons. The molecule has 1 aromatic carbocycles. The summed E-state index contributed by atoms with van der Waals surface area (Å²) in [6.07, 6.45) is 0.861. The van der Waals surface area contributed by atoms with Crippen LogP contribution in [-0.4, -0.2) is 23.9 Å². The van der Waals surface area contributed by atoms with Crippen molar-refractivity contribution >= 4 is 11.6 Å². The van der Waals surface area contributed by atoms with E-state index < -0.39 is 6.10 Å². The van der Waals surface area contributed by atoms with Gasteiger partial charge < -0.3 is 15.6 Å². The van der Waals surface area contributed by atoms with Crippen molar-refractivity contribution in [3.63, 3.8) is 0 Å². The van der Waals surface area contributed by atoms with Crippen LogP contribution in [0.25, 0.3) is 0 Å². The smallest absolute Gasteiger partial charge is 0.123 e. The van der Waals surface area contributed by atoms with E-state index in [0.717, 1.165) is 28.3 Å². The number of rotatable bonds is 7. The van der Waals surface area contributed by atoms with Crippen molar-refractivity contribution < 1.29 is 9.84 Å². The normalized spacial score (nSPS) is 15.8. The van der Waals surface area contributed by atoms with Gasteiger partial charge >= 0.3 is 0 Å². The van der Waals surface area contributed by atoms with Gasteiger partial charge in [-0.1, -0.05) is 25.4 Å². The molecule has 0 spiro atoms. The molecule has 3 unspecified atom stereocenters. The van der Waals surface area contributed by atoms with E-state index in [-0.39, 0.29) is 12.0 Å². The van der Waals surface area contributed by atoms with E-state index in [1.807, 2.05) is 32.9 Å². The number of aliphatic hydroxyl groups excluding tert-OH is 1. The maximum absolute atomic E-state index is 10.1. The summed E-state index contributed by atoms with van der Waals surface area (Å²) in [5.74, 6) is 0.987. The summed E-state index contributed by atoms with van der Waals surface area (Å²) in [5, 5.41) is 10.8. The quantitative estimate of drug-likeness (QED) is 0.808. The summed E-state index contributed by atoms with van der Waals surface area (Å²) in [6.45, 7) is 8.57. The van der Waals surface area contributed by atoms with Gasteiger partial charge in [0.15, 0.2) is 0 Å². The summed E-state index contributed by atoms with van der Waals surface area (Å²) in [6, 6.07) is 3.72. The molecule has 0 aromatic heterocycles. The molecular weight excluding hydrogens is 274 g/mol. The first-order valence-corrected chi connectivity index (χ1v) is 7.64. The van der Waals surface area contributed by atoms with E-state index in [1.165, 1.54) is 0 Å². The molecule has 3 atom stereocenters. The number of hydrogen-bond acceptors (Lipinski definition) is 3. The Morgan fingerprint density at radius 3 is 2.55 bits per heavy atom. The van der Waals surface area contributed by atoms with Crippen LogP contribution in [0.15, 0.2) is 12.1 Å². The summed E-state index contributed by atoms with van der Waals surface area (Å²) >= 11 is 6.21. The second-order valence-electron chi connectivity index (χ2n) is 5.35. The summed E-state index contributed by atoms with van der Waals surface area (Å²) < 4.78 is 5.69. The predicted octanol–water partition coefficient (Wildman–Crippen LogP) is 3.64. The molecule has 3 N–H and O–H groups in total. The fourth-order valence-corrected chi connectivity index (χ4v) is 2.44. The van der Waals surface area contributed by atoms with Gasteiger partial charge in [-0.25, -0.2) is 0 Å². The average Bonchev–Trinajstić information content (AvgIpc) is 2.41. The lowest BCUT2D eigenvalue weighted by Crippen LogP contribution is -2.34. The van der Waals surface area contributed by atoms with Crippen molar-refractivity contribution in [3.8, 4) is 5.75 Å². The van der Waals surface area contributed by atoms with Crippen LogP contribution >= 0.6 is 11.6 Å². The molecule has 3 nitrogen and oxygen atoms in total. The monoisotopic (exact) mass is 299 g/mol. The minimum atomic E-state index is -0.510. The van der Waals surface area contributed by atoms with E-state index >= 15 is 0 Å². The molecule has 0 aliphatic rings. The van der Waals surface area contributed by atoms with Crippen molar-refractivity contribution in [1.29, 1.82) is 0 Å². The van der Waals surface area contributed by atoms with Gasteiger partial charge in [0.1, 0.15) is 5.75 Å². The van der Waals surface area contributed by atoms with Gasteiger partial charge in [-0.15, -0.1) is 0 Å². The Kier molecular flexibility index (Phi) is 6.80. The van der Waals surface area contributed by atoms with E-state index in [2.05, 4.69) is 6.92 Å². The molecule has 4 heteroatoms. The van der Waals surface area contributed by atoms with Crippen LogP contribution in [-0.2, 0) is 0 Å². The van der Waals surface area contributed by atoms with Crippen molar-refractivity contribution in [1.82, 2.24) is 0 Å². The van der Waals surface area contributed by atoms with Crippen LogP contribution in [0.3, 0.4) is 0 Å². The Hall–Kier alpha value is -0.770. The lowest BCUT2D eigenvalue weighted by Gasteiger charge is -2.23. The zero-order valence-electron chi connectivity index (χ0n) is 12.8. The van der Waals surface area contributed by atoms with Crippen LogP contribution in [0, 0.1) is 6.92 Å². The number of nitrogens with two attached hydrogens (primary N) is 1. The SMILES string of the molecule is CCOc1cc(C)c(Cl)cc1C(C)CC(O)C(N)CC.